The average molecular weight is 385 g/mol. The summed E-state index contributed by atoms with van der Waals surface area (Å²) in [6, 6.07) is 0. The number of hydrogen-bond donors (Lipinski definition) is 1. The molecule has 0 rings (SSSR count). The van der Waals surface area contributed by atoms with Crippen LogP contribution in [0.1, 0.15) is 150 Å². The van der Waals surface area contributed by atoms with Crippen LogP contribution in [0, 0.1) is 0 Å². The maximum atomic E-state index is 2.31. The van der Waals surface area contributed by atoms with E-state index in [-0.39, 0.29) is 0 Å². The number of quaternary nitrogens is 1. The zero-order chi connectivity index (χ0) is 20.4. The van der Waals surface area contributed by atoms with Gasteiger partial charge in [0.15, 0.2) is 0 Å². The monoisotopic (exact) mass is 384 g/mol. The minimum absolute atomic E-state index is 1.37. The molecule has 0 spiro atoms. The first-order valence-electron chi connectivity index (χ1n) is 13.2. The van der Waals surface area contributed by atoms with Gasteiger partial charge in [-0.3, -0.25) is 0 Å². The van der Waals surface area contributed by atoms with E-state index in [9.17, 15) is 0 Å². The SMILES string of the molecule is CC.CCCCCCCC[NH+](CCCCCCCC)CCCCCCCC. The van der Waals surface area contributed by atoms with E-state index in [1.807, 2.05) is 18.7 Å². The zero-order valence-electron chi connectivity index (χ0n) is 20.3. The molecule has 0 aromatic rings. The van der Waals surface area contributed by atoms with Gasteiger partial charge in [-0.05, 0) is 38.5 Å². The highest BCUT2D eigenvalue weighted by Crippen LogP contribution is 2.06. The van der Waals surface area contributed by atoms with Crippen molar-refractivity contribution in [2.24, 2.45) is 0 Å². The van der Waals surface area contributed by atoms with Crippen LogP contribution in [0.3, 0.4) is 0 Å². The third kappa shape index (κ3) is 26.0. The Morgan fingerprint density at radius 2 is 0.556 bits per heavy atom. The van der Waals surface area contributed by atoms with E-state index in [0.717, 1.165) is 0 Å². The van der Waals surface area contributed by atoms with E-state index in [1.54, 1.807) is 0 Å². The number of nitrogens with one attached hydrogen (secondary N) is 1. The van der Waals surface area contributed by atoms with Gasteiger partial charge in [-0.1, -0.05) is 112 Å². The van der Waals surface area contributed by atoms with E-state index < -0.39 is 0 Å². The van der Waals surface area contributed by atoms with E-state index in [4.69, 9.17) is 0 Å². The molecule has 0 aromatic carbocycles. The molecule has 1 N–H and O–H groups in total. The van der Waals surface area contributed by atoms with Crippen LogP contribution in [0.25, 0.3) is 0 Å². The Hall–Kier alpha value is -0.0400. The maximum absolute atomic E-state index is 2.31. The van der Waals surface area contributed by atoms with Crippen molar-refractivity contribution in [3.8, 4) is 0 Å². The van der Waals surface area contributed by atoms with Crippen LogP contribution in [-0.2, 0) is 0 Å². The summed E-state index contributed by atoms with van der Waals surface area (Å²) < 4.78 is 0. The van der Waals surface area contributed by atoms with Gasteiger partial charge >= 0.3 is 0 Å². The Bertz CT molecular complexity index is 188. The molecule has 0 atom stereocenters. The van der Waals surface area contributed by atoms with Crippen LogP contribution >= 0.6 is 0 Å². The van der Waals surface area contributed by atoms with Crippen molar-refractivity contribution < 1.29 is 4.90 Å². The summed E-state index contributed by atoms with van der Waals surface area (Å²) >= 11 is 0. The lowest BCUT2D eigenvalue weighted by Crippen LogP contribution is -3.12. The Labute approximate surface area is 175 Å². The third-order valence-corrected chi connectivity index (χ3v) is 5.65. The molecule has 0 aromatic heterocycles. The molecule has 0 fully saturated rings. The molecule has 0 aliphatic rings. The molecule has 0 saturated carbocycles. The summed E-state index contributed by atoms with van der Waals surface area (Å²) in [7, 11) is 0. The predicted molar refractivity (Wildman–Crippen MR) is 127 cm³/mol. The molecule has 0 amide bonds. The summed E-state index contributed by atoms with van der Waals surface area (Å²) in [5.41, 5.74) is 0. The fraction of sp³-hybridized carbons (Fsp3) is 1.00. The minimum Gasteiger partial charge on any atom is -0.335 e. The molecule has 0 heterocycles. The highest BCUT2D eigenvalue weighted by Gasteiger charge is 2.08. The standard InChI is InChI=1S/C24H51N.C2H6/c1-4-7-10-13-16-19-22-25(23-20-17-14-11-8-5-2)24-21-18-15-12-9-6-3;1-2/h4-24H2,1-3H3;1-2H3/p+1. The molecule has 0 unspecified atom stereocenters. The van der Waals surface area contributed by atoms with Crippen molar-refractivity contribution >= 4 is 0 Å². The Balaban J connectivity index is 0. The van der Waals surface area contributed by atoms with Crippen LogP contribution in [0.4, 0.5) is 0 Å². The van der Waals surface area contributed by atoms with Crippen molar-refractivity contribution in [1.82, 2.24) is 0 Å². The van der Waals surface area contributed by atoms with Crippen molar-refractivity contribution in [3.63, 3.8) is 0 Å². The molecule has 0 bridgehead atoms. The van der Waals surface area contributed by atoms with Crippen LogP contribution in [-0.4, -0.2) is 19.6 Å². The molecular formula is C26H58N+. The first-order valence-corrected chi connectivity index (χ1v) is 13.2. The normalized spacial score (nSPS) is 10.9. The van der Waals surface area contributed by atoms with Crippen LogP contribution < -0.4 is 4.90 Å². The lowest BCUT2D eigenvalue weighted by Gasteiger charge is -2.19. The lowest BCUT2D eigenvalue weighted by atomic mass is 10.1. The quantitative estimate of drug-likeness (QED) is 0.191. The van der Waals surface area contributed by atoms with E-state index in [0.29, 0.717) is 0 Å². The highest BCUT2D eigenvalue weighted by atomic mass is 15.1. The van der Waals surface area contributed by atoms with Gasteiger partial charge in [0, 0.05) is 0 Å². The summed E-state index contributed by atoms with van der Waals surface area (Å²) in [5, 5.41) is 0. The smallest absolute Gasteiger partial charge is 0.0770 e. The second-order valence-corrected chi connectivity index (χ2v) is 8.30. The average Bonchev–Trinajstić information content (AvgIpc) is 2.70. The fourth-order valence-electron chi connectivity index (χ4n) is 3.84. The molecule has 0 saturated heterocycles. The minimum atomic E-state index is 1.37. The summed E-state index contributed by atoms with van der Waals surface area (Å²) in [5.74, 6) is 0. The summed E-state index contributed by atoms with van der Waals surface area (Å²) in [6.45, 7) is 15.3. The van der Waals surface area contributed by atoms with Crippen LogP contribution in [0.2, 0.25) is 0 Å². The predicted octanol–water partition coefficient (Wildman–Crippen LogP) is 7.98. The Kier molecular flexibility index (Phi) is 30.4. The Morgan fingerprint density at radius 1 is 0.333 bits per heavy atom. The largest absolute Gasteiger partial charge is 0.335 e. The molecule has 0 aliphatic carbocycles. The first kappa shape index (κ1) is 29.2. The van der Waals surface area contributed by atoms with Gasteiger partial charge in [-0.25, -0.2) is 0 Å². The Morgan fingerprint density at radius 3 is 0.815 bits per heavy atom. The molecule has 1 heteroatoms. The van der Waals surface area contributed by atoms with Gasteiger partial charge in [0.2, 0.25) is 0 Å². The maximum Gasteiger partial charge on any atom is 0.0770 e. The van der Waals surface area contributed by atoms with Gasteiger partial charge in [0.05, 0.1) is 19.6 Å². The number of unbranched alkanes of at least 4 members (excludes halogenated alkanes) is 15. The van der Waals surface area contributed by atoms with Gasteiger partial charge in [0.1, 0.15) is 0 Å². The van der Waals surface area contributed by atoms with E-state index in [1.165, 1.54) is 135 Å². The summed E-state index contributed by atoms with van der Waals surface area (Å²) in [4.78, 5) is 1.92. The van der Waals surface area contributed by atoms with Gasteiger partial charge in [0.25, 0.3) is 0 Å². The van der Waals surface area contributed by atoms with E-state index in [2.05, 4.69) is 20.8 Å². The molecule has 0 aliphatic heterocycles. The molecule has 1 nitrogen and oxygen atoms in total. The molecule has 27 heavy (non-hydrogen) atoms. The number of hydrogen-bond acceptors (Lipinski definition) is 0. The van der Waals surface area contributed by atoms with E-state index >= 15 is 0 Å². The molecule has 0 radical (unpaired) electrons. The second kappa shape index (κ2) is 28.2. The van der Waals surface area contributed by atoms with Crippen LogP contribution in [0.5, 0.6) is 0 Å². The van der Waals surface area contributed by atoms with Gasteiger partial charge < -0.3 is 4.90 Å². The zero-order valence-corrected chi connectivity index (χ0v) is 20.3. The van der Waals surface area contributed by atoms with Crippen molar-refractivity contribution in [2.45, 2.75) is 150 Å². The topological polar surface area (TPSA) is 4.44 Å². The fourth-order valence-corrected chi connectivity index (χ4v) is 3.84. The third-order valence-electron chi connectivity index (χ3n) is 5.65. The first-order chi connectivity index (χ1) is 13.3. The van der Waals surface area contributed by atoms with Crippen LogP contribution in [0.15, 0.2) is 0 Å². The van der Waals surface area contributed by atoms with Gasteiger partial charge in [-0.2, -0.15) is 0 Å². The van der Waals surface area contributed by atoms with Crippen molar-refractivity contribution in [3.05, 3.63) is 0 Å². The molecular weight excluding hydrogens is 326 g/mol. The highest BCUT2D eigenvalue weighted by molar-refractivity contribution is 4.47. The van der Waals surface area contributed by atoms with Crippen molar-refractivity contribution in [1.29, 1.82) is 0 Å². The second-order valence-electron chi connectivity index (χ2n) is 8.30. The number of rotatable bonds is 21. The summed E-state index contributed by atoms with van der Waals surface area (Å²) in [6.07, 6.45) is 26.0. The van der Waals surface area contributed by atoms with Gasteiger partial charge in [-0.15, -0.1) is 0 Å². The van der Waals surface area contributed by atoms with Crippen molar-refractivity contribution in [2.75, 3.05) is 19.6 Å². The lowest BCUT2D eigenvalue weighted by molar-refractivity contribution is -0.900. The molecule has 166 valence electrons.